The van der Waals surface area contributed by atoms with Gasteiger partial charge in [-0.3, -0.25) is 4.79 Å². The molecule has 2 aromatic rings. The maximum absolute atomic E-state index is 12.3. The average Bonchev–Trinajstić information content (AvgIpc) is 2.47. The van der Waals surface area contributed by atoms with Crippen LogP contribution in [0.2, 0.25) is 5.15 Å². The molecule has 1 aromatic heterocycles. The Bertz CT molecular complexity index is 584. The summed E-state index contributed by atoms with van der Waals surface area (Å²) in [7, 11) is 0. The summed E-state index contributed by atoms with van der Waals surface area (Å²) in [6.45, 7) is 2.90. The van der Waals surface area contributed by atoms with E-state index in [9.17, 15) is 4.79 Å². The molecule has 0 spiro atoms. The van der Waals surface area contributed by atoms with Gasteiger partial charge in [-0.2, -0.15) is 0 Å². The number of anilines is 2. The van der Waals surface area contributed by atoms with Gasteiger partial charge in [-0.1, -0.05) is 30.7 Å². The van der Waals surface area contributed by atoms with Crippen LogP contribution < -0.4 is 10.6 Å². The molecule has 4 nitrogen and oxygen atoms in total. The molecule has 0 fully saturated rings. The zero-order valence-corrected chi connectivity index (χ0v) is 11.9. The molecule has 0 saturated heterocycles. The van der Waals surface area contributed by atoms with Crippen molar-refractivity contribution < 1.29 is 4.79 Å². The van der Waals surface area contributed by atoms with Crippen LogP contribution in [0.3, 0.4) is 0 Å². The van der Waals surface area contributed by atoms with Crippen LogP contribution in [0.5, 0.6) is 0 Å². The molecular weight excluding hydrogens is 274 g/mol. The van der Waals surface area contributed by atoms with E-state index >= 15 is 0 Å². The quantitative estimate of drug-likeness (QED) is 0.823. The van der Waals surface area contributed by atoms with Gasteiger partial charge in [-0.25, -0.2) is 4.98 Å². The first-order chi connectivity index (χ1) is 9.70. The molecule has 0 aliphatic rings. The Morgan fingerprint density at radius 2 is 2.05 bits per heavy atom. The Hall–Kier alpha value is -2.07. The van der Waals surface area contributed by atoms with E-state index in [1.54, 1.807) is 18.2 Å². The van der Waals surface area contributed by atoms with Crippen molar-refractivity contribution in [2.24, 2.45) is 0 Å². The maximum atomic E-state index is 12.3. The fourth-order valence-corrected chi connectivity index (χ4v) is 1.85. The van der Waals surface area contributed by atoms with Crippen molar-refractivity contribution in [1.82, 2.24) is 4.98 Å². The minimum Gasteiger partial charge on any atom is -0.384 e. The van der Waals surface area contributed by atoms with Crippen LogP contribution in [-0.4, -0.2) is 17.4 Å². The predicted molar refractivity (Wildman–Crippen MR) is 82.4 cm³/mol. The second-order valence-electron chi connectivity index (χ2n) is 4.30. The normalized spacial score (nSPS) is 10.1. The average molecular weight is 290 g/mol. The van der Waals surface area contributed by atoms with Crippen LogP contribution in [0.15, 0.2) is 42.6 Å². The van der Waals surface area contributed by atoms with E-state index in [2.05, 4.69) is 22.5 Å². The highest BCUT2D eigenvalue weighted by atomic mass is 35.5. The van der Waals surface area contributed by atoms with Crippen molar-refractivity contribution in [2.75, 3.05) is 17.2 Å². The topological polar surface area (TPSA) is 54.0 Å². The van der Waals surface area contributed by atoms with Crippen LogP contribution in [0.1, 0.15) is 23.7 Å². The Labute approximate surface area is 123 Å². The standard InChI is InChI=1S/C15H16ClN3O/c1-2-9-17-13-6-4-3-5-12(13)15(20)19-11-7-8-14(16)18-10-11/h3-8,10,17H,2,9H2,1H3,(H,19,20). The number of aromatic nitrogens is 1. The molecule has 0 aliphatic heterocycles. The largest absolute Gasteiger partial charge is 0.384 e. The van der Waals surface area contributed by atoms with Crippen LogP contribution >= 0.6 is 11.6 Å². The summed E-state index contributed by atoms with van der Waals surface area (Å²) in [6.07, 6.45) is 2.53. The Balaban J connectivity index is 2.14. The van der Waals surface area contributed by atoms with E-state index < -0.39 is 0 Å². The third-order valence-electron chi connectivity index (χ3n) is 2.72. The molecule has 1 aromatic carbocycles. The number of hydrogen-bond donors (Lipinski definition) is 2. The molecule has 1 heterocycles. The number of rotatable bonds is 5. The molecule has 0 unspecified atom stereocenters. The highest BCUT2D eigenvalue weighted by molar-refractivity contribution is 6.29. The molecule has 0 aliphatic carbocycles. The summed E-state index contributed by atoms with van der Waals surface area (Å²) in [4.78, 5) is 16.2. The second kappa shape index (κ2) is 6.91. The van der Waals surface area contributed by atoms with E-state index in [0.717, 1.165) is 18.7 Å². The van der Waals surface area contributed by atoms with Gasteiger partial charge in [-0.15, -0.1) is 0 Å². The summed E-state index contributed by atoms with van der Waals surface area (Å²) in [5, 5.41) is 6.44. The minimum absolute atomic E-state index is 0.173. The lowest BCUT2D eigenvalue weighted by Crippen LogP contribution is -2.15. The van der Waals surface area contributed by atoms with Crippen molar-refractivity contribution in [2.45, 2.75) is 13.3 Å². The lowest BCUT2D eigenvalue weighted by molar-refractivity contribution is 0.102. The summed E-state index contributed by atoms with van der Waals surface area (Å²) < 4.78 is 0. The van der Waals surface area contributed by atoms with E-state index in [4.69, 9.17) is 11.6 Å². The highest BCUT2D eigenvalue weighted by Crippen LogP contribution is 2.17. The van der Waals surface area contributed by atoms with Gasteiger partial charge in [0.1, 0.15) is 5.15 Å². The lowest BCUT2D eigenvalue weighted by atomic mass is 10.1. The number of amides is 1. The number of pyridine rings is 1. The molecule has 104 valence electrons. The molecule has 0 saturated carbocycles. The summed E-state index contributed by atoms with van der Waals surface area (Å²) in [6, 6.07) is 10.8. The first-order valence-corrected chi connectivity index (χ1v) is 6.84. The molecule has 2 N–H and O–H groups in total. The number of nitrogens with zero attached hydrogens (tertiary/aromatic N) is 1. The number of hydrogen-bond acceptors (Lipinski definition) is 3. The van der Waals surface area contributed by atoms with Crippen molar-refractivity contribution in [1.29, 1.82) is 0 Å². The summed E-state index contributed by atoms with van der Waals surface area (Å²) in [5.74, 6) is -0.173. The first-order valence-electron chi connectivity index (χ1n) is 6.46. The molecule has 0 atom stereocenters. The monoisotopic (exact) mass is 289 g/mol. The molecule has 0 bridgehead atoms. The van der Waals surface area contributed by atoms with Crippen LogP contribution in [0.25, 0.3) is 0 Å². The zero-order valence-electron chi connectivity index (χ0n) is 11.2. The number of para-hydroxylation sites is 1. The third-order valence-corrected chi connectivity index (χ3v) is 2.95. The maximum Gasteiger partial charge on any atom is 0.257 e. The van der Waals surface area contributed by atoms with E-state index in [0.29, 0.717) is 16.4 Å². The highest BCUT2D eigenvalue weighted by Gasteiger charge is 2.10. The molecule has 2 rings (SSSR count). The van der Waals surface area contributed by atoms with E-state index in [1.807, 2.05) is 18.2 Å². The molecule has 1 amide bonds. The van der Waals surface area contributed by atoms with Crippen molar-refractivity contribution >= 4 is 28.9 Å². The molecular formula is C15H16ClN3O. The van der Waals surface area contributed by atoms with Crippen molar-refractivity contribution in [3.8, 4) is 0 Å². The minimum atomic E-state index is -0.173. The number of carbonyl (C=O) groups is 1. The third kappa shape index (κ3) is 3.71. The molecule has 20 heavy (non-hydrogen) atoms. The van der Waals surface area contributed by atoms with Gasteiger partial charge in [0.25, 0.3) is 5.91 Å². The van der Waals surface area contributed by atoms with Gasteiger partial charge in [0, 0.05) is 12.2 Å². The number of halogens is 1. The number of benzene rings is 1. The molecule has 5 heteroatoms. The van der Waals surface area contributed by atoms with E-state index in [-0.39, 0.29) is 5.91 Å². The fraction of sp³-hybridized carbons (Fsp3) is 0.200. The van der Waals surface area contributed by atoms with Crippen LogP contribution in [0.4, 0.5) is 11.4 Å². The number of nitrogens with one attached hydrogen (secondary N) is 2. The van der Waals surface area contributed by atoms with Gasteiger partial charge in [0.05, 0.1) is 17.4 Å². The van der Waals surface area contributed by atoms with Crippen LogP contribution in [0, 0.1) is 0 Å². The smallest absolute Gasteiger partial charge is 0.257 e. The predicted octanol–water partition coefficient (Wildman–Crippen LogP) is 3.81. The van der Waals surface area contributed by atoms with E-state index in [1.165, 1.54) is 6.20 Å². The Kier molecular flexibility index (Phi) is 4.96. The van der Waals surface area contributed by atoms with Crippen molar-refractivity contribution in [3.05, 3.63) is 53.3 Å². The first kappa shape index (κ1) is 14.3. The SMILES string of the molecule is CCCNc1ccccc1C(=O)Nc1ccc(Cl)nc1. The number of carbonyl (C=O) groups excluding carboxylic acids is 1. The zero-order chi connectivity index (χ0) is 14.4. The lowest BCUT2D eigenvalue weighted by Gasteiger charge is -2.11. The van der Waals surface area contributed by atoms with Gasteiger partial charge in [0.2, 0.25) is 0 Å². The van der Waals surface area contributed by atoms with Gasteiger partial charge < -0.3 is 10.6 Å². The summed E-state index contributed by atoms with van der Waals surface area (Å²) >= 11 is 5.71. The second-order valence-corrected chi connectivity index (χ2v) is 4.68. The van der Waals surface area contributed by atoms with Gasteiger partial charge in [0.15, 0.2) is 0 Å². The van der Waals surface area contributed by atoms with Crippen LogP contribution in [-0.2, 0) is 0 Å². The van der Waals surface area contributed by atoms with Crippen molar-refractivity contribution in [3.63, 3.8) is 0 Å². The fourth-order valence-electron chi connectivity index (χ4n) is 1.74. The molecule has 0 radical (unpaired) electrons. The Morgan fingerprint density at radius 1 is 1.25 bits per heavy atom. The van der Waals surface area contributed by atoms with Gasteiger partial charge in [-0.05, 0) is 30.7 Å². The summed E-state index contributed by atoms with van der Waals surface area (Å²) in [5.41, 5.74) is 2.05. The Morgan fingerprint density at radius 3 is 2.75 bits per heavy atom. The van der Waals surface area contributed by atoms with Gasteiger partial charge >= 0.3 is 0 Å².